The number of hydrogen-bond donors (Lipinski definition) is 1. The number of halogens is 3. The summed E-state index contributed by atoms with van der Waals surface area (Å²) in [7, 11) is 0. The van der Waals surface area contributed by atoms with Gasteiger partial charge in [0.25, 0.3) is 0 Å². The Balaban J connectivity index is 1.46. The van der Waals surface area contributed by atoms with Crippen LogP contribution in [0.1, 0.15) is 12.8 Å². The van der Waals surface area contributed by atoms with E-state index in [1.165, 1.54) is 18.2 Å². The molecule has 0 spiro atoms. The first-order chi connectivity index (χ1) is 13.6. The molecule has 0 atom stereocenters. The van der Waals surface area contributed by atoms with E-state index in [1.54, 1.807) is 36.7 Å². The predicted molar refractivity (Wildman–Crippen MR) is 108 cm³/mol. The van der Waals surface area contributed by atoms with Crippen LogP contribution in [0.5, 0.6) is 0 Å². The minimum Gasteiger partial charge on any atom is -0.381 e. The molecular formula is C21H19ClF2N4. The second kappa shape index (κ2) is 8.10. The number of rotatable bonds is 4. The molecule has 1 aromatic heterocycles. The summed E-state index contributed by atoms with van der Waals surface area (Å²) in [5.74, 6) is -0.264. The normalized spacial score (nSPS) is 14.9. The van der Waals surface area contributed by atoms with Gasteiger partial charge in [-0.15, -0.1) is 0 Å². The van der Waals surface area contributed by atoms with E-state index >= 15 is 0 Å². The molecule has 1 fully saturated rings. The van der Waals surface area contributed by atoms with Crippen LogP contribution in [0.25, 0.3) is 11.1 Å². The summed E-state index contributed by atoms with van der Waals surface area (Å²) in [6.45, 7) is 1.60. The molecule has 0 bridgehead atoms. The van der Waals surface area contributed by atoms with Crippen molar-refractivity contribution in [1.29, 1.82) is 0 Å². The first-order valence-corrected chi connectivity index (χ1v) is 9.52. The van der Waals surface area contributed by atoms with E-state index in [4.69, 9.17) is 11.6 Å². The number of nitrogens with zero attached hydrogens (tertiary/aromatic N) is 3. The third-order valence-electron chi connectivity index (χ3n) is 4.91. The van der Waals surface area contributed by atoms with Crippen LogP contribution in [0.3, 0.4) is 0 Å². The fraction of sp³-hybridized carbons (Fsp3) is 0.238. The standard InChI is InChI=1S/C21H19ClF2N4/c22-17-12-16(15-4-1-2-5-18(15)23)19(24)13-20(17)27-14-6-10-28(11-7-14)21-25-8-3-9-26-21/h1-5,8-9,12-14,27H,6-7,10-11H2. The zero-order chi connectivity index (χ0) is 19.5. The highest BCUT2D eigenvalue weighted by molar-refractivity contribution is 6.33. The Morgan fingerprint density at radius 3 is 2.36 bits per heavy atom. The molecule has 3 aromatic rings. The summed E-state index contributed by atoms with van der Waals surface area (Å²) in [6.07, 6.45) is 5.16. The number of piperidine rings is 1. The highest BCUT2D eigenvalue weighted by atomic mass is 35.5. The summed E-state index contributed by atoms with van der Waals surface area (Å²) in [5.41, 5.74) is 0.878. The molecule has 2 aromatic carbocycles. The van der Waals surface area contributed by atoms with Crippen molar-refractivity contribution in [1.82, 2.24) is 9.97 Å². The van der Waals surface area contributed by atoms with E-state index in [-0.39, 0.29) is 17.2 Å². The van der Waals surface area contributed by atoms with Gasteiger partial charge in [0.2, 0.25) is 5.95 Å². The summed E-state index contributed by atoms with van der Waals surface area (Å²) < 4.78 is 28.6. The highest BCUT2D eigenvalue weighted by Crippen LogP contribution is 2.34. The lowest BCUT2D eigenvalue weighted by Crippen LogP contribution is -2.40. The van der Waals surface area contributed by atoms with Gasteiger partial charge in [0.05, 0.1) is 10.7 Å². The van der Waals surface area contributed by atoms with Crippen molar-refractivity contribution in [3.8, 4) is 11.1 Å². The Morgan fingerprint density at radius 2 is 1.64 bits per heavy atom. The maximum atomic E-state index is 14.6. The second-order valence-corrected chi connectivity index (χ2v) is 7.15. The van der Waals surface area contributed by atoms with Gasteiger partial charge in [-0.2, -0.15) is 0 Å². The van der Waals surface area contributed by atoms with E-state index in [0.717, 1.165) is 31.9 Å². The Bertz CT molecular complexity index is 960. The van der Waals surface area contributed by atoms with Gasteiger partial charge in [0, 0.05) is 42.7 Å². The van der Waals surface area contributed by atoms with Crippen LogP contribution in [0.15, 0.2) is 54.9 Å². The van der Waals surface area contributed by atoms with E-state index in [0.29, 0.717) is 10.7 Å². The Kier molecular flexibility index (Phi) is 5.39. The van der Waals surface area contributed by atoms with Gasteiger partial charge in [0.1, 0.15) is 11.6 Å². The van der Waals surface area contributed by atoms with E-state index in [2.05, 4.69) is 20.2 Å². The lowest BCUT2D eigenvalue weighted by molar-refractivity contribution is 0.519. The maximum Gasteiger partial charge on any atom is 0.225 e. The van der Waals surface area contributed by atoms with Gasteiger partial charge in [-0.1, -0.05) is 29.8 Å². The van der Waals surface area contributed by atoms with E-state index in [9.17, 15) is 8.78 Å². The molecule has 0 radical (unpaired) electrons. The summed E-state index contributed by atoms with van der Waals surface area (Å²) in [4.78, 5) is 10.7. The molecule has 144 valence electrons. The van der Waals surface area contributed by atoms with Gasteiger partial charge < -0.3 is 10.2 Å². The monoisotopic (exact) mass is 400 g/mol. The second-order valence-electron chi connectivity index (χ2n) is 6.75. The Hall–Kier alpha value is -2.73. The van der Waals surface area contributed by atoms with E-state index < -0.39 is 11.6 Å². The van der Waals surface area contributed by atoms with Crippen molar-refractivity contribution < 1.29 is 8.78 Å². The molecule has 2 heterocycles. The maximum absolute atomic E-state index is 14.6. The minimum absolute atomic E-state index is 0.157. The molecule has 4 rings (SSSR count). The van der Waals surface area contributed by atoms with Crippen molar-refractivity contribution in [3.05, 3.63) is 71.5 Å². The smallest absolute Gasteiger partial charge is 0.225 e. The molecule has 1 aliphatic heterocycles. The average molecular weight is 401 g/mol. The molecule has 0 amide bonds. The lowest BCUT2D eigenvalue weighted by atomic mass is 10.0. The van der Waals surface area contributed by atoms with Gasteiger partial charge in [-0.05, 0) is 37.1 Å². The van der Waals surface area contributed by atoms with Gasteiger partial charge in [-0.25, -0.2) is 18.7 Å². The highest BCUT2D eigenvalue weighted by Gasteiger charge is 2.22. The molecule has 0 unspecified atom stereocenters. The topological polar surface area (TPSA) is 41.0 Å². The Labute approximate surface area is 167 Å². The third kappa shape index (κ3) is 3.92. The van der Waals surface area contributed by atoms with Crippen LogP contribution >= 0.6 is 11.6 Å². The summed E-state index contributed by atoms with van der Waals surface area (Å²) in [5, 5.41) is 3.69. The lowest BCUT2D eigenvalue weighted by Gasteiger charge is -2.33. The molecule has 4 nitrogen and oxygen atoms in total. The Morgan fingerprint density at radius 1 is 0.929 bits per heavy atom. The predicted octanol–water partition coefficient (Wildman–Crippen LogP) is 5.16. The number of aromatic nitrogens is 2. The number of hydrogen-bond acceptors (Lipinski definition) is 4. The molecular weight excluding hydrogens is 382 g/mol. The quantitative estimate of drug-likeness (QED) is 0.657. The van der Waals surface area contributed by atoms with Crippen molar-refractivity contribution in [2.24, 2.45) is 0 Å². The van der Waals surface area contributed by atoms with Crippen LogP contribution in [-0.2, 0) is 0 Å². The van der Waals surface area contributed by atoms with Crippen molar-refractivity contribution in [2.45, 2.75) is 18.9 Å². The fourth-order valence-electron chi connectivity index (χ4n) is 3.44. The van der Waals surface area contributed by atoms with Crippen molar-refractivity contribution in [2.75, 3.05) is 23.3 Å². The molecule has 1 saturated heterocycles. The zero-order valence-electron chi connectivity index (χ0n) is 15.1. The van der Waals surface area contributed by atoms with Gasteiger partial charge in [0.15, 0.2) is 0 Å². The molecule has 0 aliphatic carbocycles. The van der Waals surface area contributed by atoms with Crippen LogP contribution in [0, 0.1) is 11.6 Å². The number of anilines is 2. The van der Waals surface area contributed by atoms with Gasteiger partial charge in [-0.3, -0.25) is 0 Å². The SMILES string of the molecule is Fc1ccccc1-c1cc(Cl)c(NC2CCN(c3ncccn3)CC2)cc1F. The van der Waals surface area contributed by atoms with Gasteiger partial charge >= 0.3 is 0 Å². The number of benzene rings is 2. The molecule has 7 heteroatoms. The summed E-state index contributed by atoms with van der Waals surface area (Å²) >= 11 is 6.37. The van der Waals surface area contributed by atoms with Crippen LogP contribution < -0.4 is 10.2 Å². The van der Waals surface area contributed by atoms with Crippen molar-refractivity contribution in [3.63, 3.8) is 0 Å². The van der Waals surface area contributed by atoms with E-state index in [1.807, 2.05) is 0 Å². The first-order valence-electron chi connectivity index (χ1n) is 9.14. The number of nitrogens with one attached hydrogen (secondary N) is 1. The van der Waals surface area contributed by atoms with Crippen LogP contribution in [0.4, 0.5) is 20.4 Å². The van der Waals surface area contributed by atoms with Crippen molar-refractivity contribution >= 4 is 23.2 Å². The molecule has 0 saturated carbocycles. The largest absolute Gasteiger partial charge is 0.381 e. The zero-order valence-corrected chi connectivity index (χ0v) is 15.8. The molecule has 1 N–H and O–H groups in total. The molecule has 28 heavy (non-hydrogen) atoms. The fourth-order valence-corrected chi connectivity index (χ4v) is 3.66. The molecule has 1 aliphatic rings. The average Bonchev–Trinajstić information content (AvgIpc) is 2.72. The van der Waals surface area contributed by atoms with Crippen LogP contribution in [-0.4, -0.2) is 29.1 Å². The van der Waals surface area contributed by atoms with Crippen LogP contribution in [0.2, 0.25) is 5.02 Å². The third-order valence-corrected chi connectivity index (χ3v) is 5.22. The summed E-state index contributed by atoms with van der Waals surface area (Å²) in [6, 6.07) is 10.9. The first kappa shape index (κ1) is 18.6. The minimum atomic E-state index is -0.507.